The topological polar surface area (TPSA) is 83.3 Å². The average Bonchev–Trinajstić information content (AvgIpc) is 2.86. The molecule has 2 N–H and O–H groups in total. The van der Waals surface area contributed by atoms with Crippen molar-refractivity contribution < 1.29 is 4.42 Å². The van der Waals surface area contributed by atoms with Gasteiger partial charge in [0.2, 0.25) is 5.95 Å². The van der Waals surface area contributed by atoms with E-state index in [1.165, 1.54) is 0 Å². The molecule has 188 valence electrons. The van der Waals surface area contributed by atoms with E-state index in [2.05, 4.69) is 48.6 Å². The largest absolute Gasteiger partial charge is 0.463 e. The van der Waals surface area contributed by atoms with Crippen LogP contribution in [0.1, 0.15) is 31.2 Å². The summed E-state index contributed by atoms with van der Waals surface area (Å²) in [5, 5.41) is 8.69. The van der Waals surface area contributed by atoms with Crippen LogP contribution in [0.15, 0.2) is 60.8 Å². The van der Waals surface area contributed by atoms with E-state index in [9.17, 15) is 4.79 Å². The molecule has 0 saturated heterocycles. The van der Waals surface area contributed by atoms with E-state index in [1.54, 1.807) is 6.26 Å². The van der Waals surface area contributed by atoms with Gasteiger partial charge < -0.3 is 20.0 Å². The van der Waals surface area contributed by atoms with E-state index in [1.807, 2.05) is 49.3 Å². The monoisotopic (exact) mass is 613 g/mol. The van der Waals surface area contributed by atoms with E-state index in [0.717, 1.165) is 57.9 Å². The predicted octanol–water partition coefficient (Wildman–Crippen LogP) is 6.09. The summed E-state index contributed by atoms with van der Waals surface area (Å²) in [4.78, 5) is 24.5. The van der Waals surface area contributed by atoms with Gasteiger partial charge in [0.25, 0.3) is 0 Å². The number of hydrogen-bond donors (Lipinski definition) is 2. The summed E-state index contributed by atoms with van der Waals surface area (Å²) in [6, 6.07) is 12.2. The van der Waals surface area contributed by atoms with Gasteiger partial charge in [0.05, 0.1) is 21.6 Å². The van der Waals surface area contributed by atoms with E-state index < -0.39 is 0 Å². The van der Waals surface area contributed by atoms with Crippen LogP contribution in [-0.2, 0) is 6.54 Å². The Kier molecular flexibility index (Phi) is 7.60. The minimum Gasteiger partial charge on any atom is -0.463 e. The first-order valence-electron chi connectivity index (χ1n) is 12.2. The first-order valence-corrected chi connectivity index (χ1v) is 13.8. The Morgan fingerprint density at radius 1 is 1.06 bits per heavy atom. The highest BCUT2D eigenvalue weighted by Crippen LogP contribution is 2.29. The molecular formula is C27H29Br2N5O2. The van der Waals surface area contributed by atoms with Crippen molar-refractivity contribution in [1.29, 1.82) is 0 Å². The van der Waals surface area contributed by atoms with Crippen molar-refractivity contribution in [3.05, 3.63) is 67.4 Å². The molecule has 0 unspecified atom stereocenters. The van der Waals surface area contributed by atoms with E-state index in [-0.39, 0.29) is 5.43 Å². The molecule has 4 aromatic rings. The quantitative estimate of drug-likeness (QED) is 0.261. The average molecular weight is 615 g/mol. The van der Waals surface area contributed by atoms with Gasteiger partial charge in [0.1, 0.15) is 5.82 Å². The molecule has 36 heavy (non-hydrogen) atoms. The molecular weight excluding hydrogens is 586 g/mol. The first kappa shape index (κ1) is 25.2. The summed E-state index contributed by atoms with van der Waals surface area (Å²) in [6.07, 6.45) is 5.94. The highest BCUT2D eigenvalue weighted by atomic mass is 79.9. The van der Waals surface area contributed by atoms with Crippen molar-refractivity contribution in [3.8, 4) is 0 Å². The Bertz CT molecular complexity index is 1450. The third-order valence-corrected chi connectivity index (χ3v) is 7.85. The van der Waals surface area contributed by atoms with Gasteiger partial charge in [-0.25, -0.2) is 4.98 Å². The smallest absolute Gasteiger partial charge is 0.225 e. The SMILES string of the molecule is CN(C)c1nc(NC2CCC(CNCc3coc4c(Br)cc(Br)cc4c3=O)CC2)nc2ccccc12. The molecule has 2 aromatic carbocycles. The number of nitrogens with one attached hydrogen (secondary N) is 2. The molecule has 7 nitrogen and oxygen atoms in total. The number of benzene rings is 2. The molecule has 2 heterocycles. The second-order valence-corrected chi connectivity index (χ2v) is 11.4. The van der Waals surface area contributed by atoms with Crippen molar-refractivity contribution in [3.63, 3.8) is 0 Å². The number of hydrogen-bond acceptors (Lipinski definition) is 7. The Morgan fingerprint density at radius 3 is 2.61 bits per heavy atom. The molecule has 1 fully saturated rings. The zero-order chi connectivity index (χ0) is 25.2. The second kappa shape index (κ2) is 10.9. The molecule has 1 saturated carbocycles. The molecule has 0 aliphatic heterocycles. The molecule has 0 radical (unpaired) electrons. The maximum Gasteiger partial charge on any atom is 0.225 e. The van der Waals surface area contributed by atoms with Crippen LogP contribution < -0.4 is 21.0 Å². The maximum atomic E-state index is 12.9. The Hall–Kier alpha value is -2.49. The maximum absolute atomic E-state index is 12.9. The lowest BCUT2D eigenvalue weighted by atomic mass is 9.86. The fourth-order valence-electron chi connectivity index (χ4n) is 4.90. The van der Waals surface area contributed by atoms with Crippen LogP contribution in [-0.4, -0.2) is 36.6 Å². The summed E-state index contributed by atoms with van der Waals surface area (Å²) in [7, 11) is 4.02. The molecule has 1 aliphatic carbocycles. The Morgan fingerprint density at radius 2 is 1.83 bits per heavy atom. The highest BCUT2D eigenvalue weighted by molar-refractivity contribution is 9.11. The number of anilines is 2. The van der Waals surface area contributed by atoms with Gasteiger partial charge in [0.15, 0.2) is 11.0 Å². The normalized spacial score (nSPS) is 18.0. The zero-order valence-electron chi connectivity index (χ0n) is 20.4. The van der Waals surface area contributed by atoms with Crippen LogP contribution in [0.2, 0.25) is 0 Å². The number of rotatable bonds is 7. The standard InChI is InChI=1S/C27H29Br2N5O2/c1-34(2)26-20-5-3-4-6-23(20)32-27(33-26)31-19-9-7-16(8-10-19)13-30-14-17-15-36-25-21(24(17)35)11-18(28)12-22(25)29/h3-6,11-12,15-16,19,30H,7-10,13-14H2,1-2H3,(H,31,32,33). The lowest BCUT2D eigenvalue weighted by molar-refractivity contribution is 0.323. The molecule has 0 bridgehead atoms. The third-order valence-electron chi connectivity index (χ3n) is 6.80. The van der Waals surface area contributed by atoms with Crippen molar-refractivity contribution in [1.82, 2.24) is 15.3 Å². The summed E-state index contributed by atoms with van der Waals surface area (Å²) >= 11 is 6.91. The van der Waals surface area contributed by atoms with Crippen molar-refractivity contribution in [2.24, 2.45) is 5.92 Å². The molecule has 0 spiro atoms. The number of aromatic nitrogens is 2. The van der Waals surface area contributed by atoms with E-state index in [4.69, 9.17) is 14.4 Å². The summed E-state index contributed by atoms with van der Waals surface area (Å²) in [5.41, 5.74) is 2.18. The molecule has 9 heteroatoms. The fraction of sp³-hybridized carbons (Fsp3) is 0.370. The molecule has 5 rings (SSSR count). The van der Waals surface area contributed by atoms with E-state index >= 15 is 0 Å². The number of nitrogens with zero attached hydrogens (tertiary/aromatic N) is 3. The Balaban J connectivity index is 1.16. The van der Waals surface area contributed by atoms with Gasteiger partial charge in [-0.05, 0) is 78.3 Å². The van der Waals surface area contributed by atoms with Crippen LogP contribution in [0.3, 0.4) is 0 Å². The Labute approximate surface area is 226 Å². The summed E-state index contributed by atoms with van der Waals surface area (Å²) in [5.74, 6) is 2.20. The molecule has 0 amide bonds. The summed E-state index contributed by atoms with van der Waals surface area (Å²) in [6.45, 7) is 1.38. The predicted molar refractivity (Wildman–Crippen MR) is 153 cm³/mol. The number of para-hydroxylation sites is 1. The highest BCUT2D eigenvalue weighted by Gasteiger charge is 2.22. The molecule has 0 atom stereocenters. The number of halogens is 2. The van der Waals surface area contributed by atoms with Gasteiger partial charge in [-0.3, -0.25) is 4.79 Å². The van der Waals surface area contributed by atoms with Gasteiger partial charge in [-0.1, -0.05) is 28.1 Å². The molecule has 1 aliphatic rings. The zero-order valence-corrected chi connectivity index (χ0v) is 23.5. The minimum atomic E-state index is 0.00568. The van der Waals surface area contributed by atoms with Crippen LogP contribution in [0.4, 0.5) is 11.8 Å². The number of fused-ring (bicyclic) bond motifs is 2. The van der Waals surface area contributed by atoms with Crippen LogP contribution in [0, 0.1) is 5.92 Å². The second-order valence-electron chi connectivity index (χ2n) is 9.63. The van der Waals surface area contributed by atoms with Crippen LogP contribution in [0.5, 0.6) is 0 Å². The first-order chi connectivity index (χ1) is 17.4. The van der Waals surface area contributed by atoms with Gasteiger partial charge in [0, 0.05) is 42.1 Å². The lowest BCUT2D eigenvalue weighted by Gasteiger charge is -2.29. The van der Waals surface area contributed by atoms with Crippen molar-refractivity contribution >= 4 is 65.5 Å². The van der Waals surface area contributed by atoms with Gasteiger partial charge >= 0.3 is 0 Å². The minimum absolute atomic E-state index is 0.00568. The van der Waals surface area contributed by atoms with Crippen LogP contribution >= 0.6 is 31.9 Å². The molecule has 2 aromatic heterocycles. The van der Waals surface area contributed by atoms with E-state index in [0.29, 0.717) is 41.0 Å². The third kappa shape index (κ3) is 5.43. The lowest BCUT2D eigenvalue weighted by Crippen LogP contribution is -2.32. The van der Waals surface area contributed by atoms with Gasteiger partial charge in [-0.2, -0.15) is 4.98 Å². The van der Waals surface area contributed by atoms with Crippen molar-refractivity contribution in [2.75, 3.05) is 30.9 Å². The van der Waals surface area contributed by atoms with Crippen LogP contribution in [0.25, 0.3) is 21.9 Å². The summed E-state index contributed by atoms with van der Waals surface area (Å²) < 4.78 is 7.35. The van der Waals surface area contributed by atoms with Crippen molar-refractivity contribution in [2.45, 2.75) is 38.3 Å². The van der Waals surface area contributed by atoms with Gasteiger partial charge in [-0.15, -0.1) is 0 Å². The fourth-order valence-corrected chi connectivity index (χ4v) is 6.22.